The van der Waals surface area contributed by atoms with Crippen molar-refractivity contribution in [3.05, 3.63) is 29.1 Å². The van der Waals surface area contributed by atoms with Crippen LogP contribution in [0.5, 0.6) is 5.75 Å². The number of hydrogen-bond donors (Lipinski definition) is 3. The Bertz CT molecular complexity index is 451. The first-order valence-electron chi connectivity index (χ1n) is 4.68. The predicted octanol–water partition coefficient (Wildman–Crippen LogP) is 1.67. The summed E-state index contributed by atoms with van der Waals surface area (Å²) in [4.78, 5) is 10.3. The van der Waals surface area contributed by atoms with E-state index in [4.69, 9.17) is 10.8 Å². The van der Waals surface area contributed by atoms with Crippen molar-refractivity contribution >= 4 is 5.97 Å². The van der Waals surface area contributed by atoms with Crippen LogP contribution in [0.3, 0.4) is 0 Å². The van der Waals surface area contributed by atoms with Gasteiger partial charge in [-0.25, -0.2) is 8.78 Å². The molecule has 1 aromatic rings. The van der Waals surface area contributed by atoms with Crippen LogP contribution in [0.4, 0.5) is 13.2 Å². The molecule has 0 saturated carbocycles. The van der Waals surface area contributed by atoms with Crippen molar-refractivity contribution in [3.8, 4) is 5.75 Å². The molecule has 7 heteroatoms. The minimum absolute atomic E-state index is 0.132. The molecule has 0 bridgehead atoms. The maximum atomic E-state index is 13.0. The van der Waals surface area contributed by atoms with Crippen LogP contribution >= 0.6 is 0 Å². The highest BCUT2D eigenvalue weighted by molar-refractivity contribution is 5.66. The number of carboxylic acid groups (broad SMARTS) is 1. The number of carboxylic acids is 1. The van der Waals surface area contributed by atoms with Gasteiger partial charge in [-0.3, -0.25) is 4.79 Å². The average Bonchev–Trinajstić information content (AvgIpc) is 2.28. The Hall–Kier alpha value is -1.76. The summed E-state index contributed by atoms with van der Waals surface area (Å²) < 4.78 is 38.6. The van der Waals surface area contributed by atoms with Crippen molar-refractivity contribution < 1.29 is 28.2 Å². The van der Waals surface area contributed by atoms with E-state index in [9.17, 15) is 23.1 Å². The van der Waals surface area contributed by atoms with Crippen LogP contribution in [-0.4, -0.2) is 16.2 Å². The van der Waals surface area contributed by atoms with Gasteiger partial charge in [-0.1, -0.05) is 0 Å². The predicted molar refractivity (Wildman–Crippen MR) is 51.8 cm³/mol. The van der Waals surface area contributed by atoms with Gasteiger partial charge in [0.2, 0.25) is 5.82 Å². The van der Waals surface area contributed by atoms with E-state index in [0.29, 0.717) is 6.07 Å². The van der Waals surface area contributed by atoms with Gasteiger partial charge in [0, 0.05) is 18.0 Å². The van der Waals surface area contributed by atoms with E-state index >= 15 is 0 Å². The molecule has 0 heterocycles. The van der Waals surface area contributed by atoms with E-state index in [1.807, 2.05) is 0 Å². The van der Waals surface area contributed by atoms with Gasteiger partial charge in [0.1, 0.15) is 0 Å². The zero-order valence-corrected chi connectivity index (χ0v) is 8.58. The lowest BCUT2D eigenvalue weighted by Crippen LogP contribution is -2.14. The molecule has 1 unspecified atom stereocenters. The Morgan fingerprint density at radius 3 is 2.47 bits per heavy atom. The molecule has 94 valence electrons. The van der Waals surface area contributed by atoms with Gasteiger partial charge in [0.15, 0.2) is 17.4 Å². The van der Waals surface area contributed by atoms with Gasteiger partial charge in [-0.15, -0.1) is 0 Å². The number of aromatic hydroxyl groups is 1. The molecule has 4 nitrogen and oxygen atoms in total. The molecule has 0 amide bonds. The Morgan fingerprint density at radius 1 is 1.35 bits per heavy atom. The number of hydrogen-bond acceptors (Lipinski definition) is 3. The highest BCUT2D eigenvalue weighted by Crippen LogP contribution is 2.31. The second kappa shape index (κ2) is 5.05. The van der Waals surface area contributed by atoms with Crippen molar-refractivity contribution in [2.75, 3.05) is 0 Å². The number of rotatable bonds is 4. The van der Waals surface area contributed by atoms with E-state index < -0.39 is 35.2 Å². The smallest absolute Gasteiger partial charge is 0.303 e. The third-order valence-electron chi connectivity index (χ3n) is 2.23. The fourth-order valence-corrected chi connectivity index (χ4v) is 1.32. The van der Waals surface area contributed by atoms with Crippen molar-refractivity contribution in [2.45, 2.75) is 18.9 Å². The van der Waals surface area contributed by atoms with Crippen molar-refractivity contribution in [3.63, 3.8) is 0 Å². The molecule has 0 fully saturated rings. The average molecular weight is 249 g/mol. The molecule has 1 atom stereocenters. The first-order valence-corrected chi connectivity index (χ1v) is 4.68. The standard InChI is InChI=1S/C10H10F3NO3/c11-5-3-4(6(14)1-2-7(15)16)10(17)9(13)8(5)12/h3,6,17H,1-2,14H2,(H,15,16). The molecule has 1 rings (SSSR count). The number of benzene rings is 1. The van der Waals surface area contributed by atoms with E-state index in [-0.39, 0.29) is 18.4 Å². The van der Waals surface area contributed by atoms with Crippen molar-refractivity contribution in [2.24, 2.45) is 5.73 Å². The molecule has 0 aliphatic carbocycles. The highest BCUT2D eigenvalue weighted by Gasteiger charge is 2.22. The van der Waals surface area contributed by atoms with Gasteiger partial charge < -0.3 is 15.9 Å². The lowest BCUT2D eigenvalue weighted by molar-refractivity contribution is -0.137. The zero-order valence-electron chi connectivity index (χ0n) is 8.58. The van der Waals surface area contributed by atoms with Crippen LogP contribution in [-0.2, 0) is 4.79 Å². The molecule has 17 heavy (non-hydrogen) atoms. The van der Waals surface area contributed by atoms with Crippen LogP contribution < -0.4 is 5.73 Å². The molecule has 0 aliphatic rings. The van der Waals surface area contributed by atoms with E-state index in [0.717, 1.165) is 0 Å². The summed E-state index contributed by atoms with van der Waals surface area (Å²) in [6, 6.07) is -0.531. The first-order chi connectivity index (χ1) is 7.84. The lowest BCUT2D eigenvalue weighted by Gasteiger charge is -2.13. The van der Waals surface area contributed by atoms with E-state index in [1.54, 1.807) is 0 Å². The van der Waals surface area contributed by atoms with Crippen LogP contribution in [0.15, 0.2) is 6.07 Å². The molecule has 0 aliphatic heterocycles. The van der Waals surface area contributed by atoms with E-state index in [1.165, 1.54) is 0 Å². The van der Waals surface area contributed by atoms with Gasteiger partial charge >= 0.3 is 5.97 Å². The minimum Gasteiger partial charge on any atom is -0.505 e. The Kier molecular flexibility index (Phi) is 3.95. The molecule has 0 saturated heterocycles. The first kappa shape index (κ1) is 13.3. The monoisotopic (exact) mass is 249 g/mol. The molecule has 0 aromatic heterocycles. The molecule has 4 N–H and O–H groups in total. The van der Waals surface area contributed by atoms with Gasteiger partial charge in [-0.2, -0.15) is 4.39 Å². The second-order valence-corrected chi connectivity index (χ2v) is 3.46. The van der Waals surface area contributed by atoms with Gasteiger partial charge in [0.05, 0.1) is 0 Å². The van der Waals surface area contributed by atoms with Crippen molar-refractivity contribution in [1.82, 2.24) is 0 Å². The summed E-state index contributed by atoms with van der Waals surface area (Å²) in [5, 5.41) is 17.6. The maximum absolute atomic E-state index is 13.0. The fraction of sp³-hybridized carbons (Fsp3) is 0.300. The summed E-state index contributed by atoms with van der Waals surface area (Å²) in [5.74, 6) is -7.24. The largest absolute Gasteiger partial charge is 0.505 e. The quantitative estimate of drug-likeness (QED) is 0.709. The number of aliphatic carboxylic acids is 1. The summed E-state index contributed by atoms with van der Waals surface area (Å²) in [5.41, 5.74) is 5.09. The highest BCUT2D eigenvalue weighted by atomic mass is 19.2. The van der Waals surface area contributed by atoms with E-state index in [2.05, 4.69) is 0 Å². The number of nitrogens with two attached hydrogens (primary N) is 1. The number of halogens is 3. The summed E-state index contributed by atoms with van der Waals surface area (Å²) >= 11 is 0. The number of phenolic OH excluding ortho intramolecular Hbond substituents is 1. The summed E-state index contributed by atoms with van der Waals surface area (Å²) in [6.45, 7) is 0. The third-order valence-corrected chi connectivity index (χ3v) is 2.23. The molecule has 0 spiro atoms. The Labute approximate surface area is 94.5 Å². The fourth-order valence-electron chi connectivity index (χ4n) is 1.32. The Balaban J connectivity index is 3.02. The molecular weight excluding hydrogens is 239 g/mol. The summed E-state index contributed by atoms with van der Waals surface area (Å²) in [6.07, 6.45) is -0.464. The molecular formula is C10H10F3NO3. The topological polar surface area (TPSA) is 83.6 Å². The molecule has 1 aromatic carbocycles. The lowest BCUT2D eigenvalue weighted by atomic mass is 10.0. The number of phenols is 1. The van der Waals surface area contributed by atoms with Crippen molar-refractivity contribution in [1.29, 1.82) is 0 Å². The van der Waals surface area contributed by atoms with Crippen LogP contribution in [0.1, 0.15) is 24.4 Å². The SMILES string of the molecule is NC(CCC(=O)O)c1cc(F)c(F)c(F)c1O. The Morgan fingerprint density at radius 2 is 1.94 bits per heavy atom. The van der Waals surface area contributed by atoms with Crippen LogP contribution in [0, 0.1) is 17.5 Å². The second-order valence-electron chi connectivity index (χ2n) is 3.46. The van der Waals surface area contributed by atoms with Gasteiger partial charge in [-0.05, 0) is 12.5 Å². The van der Waals surface area contributed by atoms with Gasteiger partial charge in [0.25, 0.3) is 0 Å². The molecule has 0 radical (unpaired) electrons. The number of carbonyl (C=O) groups is 1. The normalized spacial score (nSPS) is 12.5. The minimum atomic E-state index is -1.79. The van der Waals surface area contributed by atoms with Crippen LogP contribution in [0.2, 0.25) is 0 Å². The van der Waals surface area contributed by atoms with Crippen LogP contribution in [0.25, 0.3) is 0 Å². The third kappa shape index (κ3) is 2.88. The zero-order chi connectivity index (χ0) is 13.2. The maximum Gasteiger partial charge on any atom is 0.303 e. The summed E-state index contributed by atoms with van der Waals surface area (Å²) in [7, 11) is 0.